The minimum atomic E-state index is 0.0115. The van der Waals surface area contributed by atoms with Gasteiger partial charge in [0.2, 0.25) is 0 Å². The summed E-state index contributed by atoms with van der Waals surface area (Å²) in [7, 11) is 2.41. The van der Waals surface area contributed by atoms with Crippen LogP contribution < -0.4 is 0 Å². The second kappa shape index (κ2) is 6.74. The van der Waals surface area contributed by atoms with Gasteiger partial charge in [-0.15, -0.1) is 0 Å². The Labute approximate surface area is 117 Å². The van der Waals surface area contributed by atoms with Crippen molar-refractivity contribution in [1.82, 2.24) is 0 Å². The maximum absolute atomic E-state index is 11.7. The summed E-state index contributed by atoms with van der Waals surface area (Å²) in [5.41, 5.74) is 0. The predicted octanol–water partition coefficient (Wildman–Crippen LogP) is 3.13. The highest BCUT2D eigenvalue weighted by Gasteiger charge is 2.43. The zero-order valence-corrected chi connectivity index (χ0v) is 12.7. The molecule has 2 heterocycles. The van der Waals surface area contributed by atoms with Crippen molar-refractivity contribution >= 4 is 5.97 Å². The molecule has 0 amide bonds. The molecule has 0 N–H and O–H groups in total. The molecule has 0 radical (unpaired) electrons. The Morgan fingerprint density at radius 2 is 2.00 bits per heavy atom. The van der Waals surface area contributed by atoms with Crippen LogP contribution in [0.2, 0.25) is 0 Å². The van der Waals surface area contributed by atoms with Crippen molar-refractivity contribution in [2.45, 2.75) is 64.3 Å². The molecule has 0 saturated carbocycles. The van der Waals surface area contributed by atoms with Gasteiger partial charge >= 0.3 is 5.97 Å². The maximum Gasteiger partial charge on any atom is 0.305 e. The Balaban J connectivity index is 1.83. The van der Waals surface area contributed by atoms with Gasteiger partial charge in [-0.25, -0.2) is 0 Å². The summed E-state index contributed by atoms with van der Waals surface area (Å²) in [5.74, 6) is 0.613. The molecule has 0 aromatic carbocycles. The minimum Gasteiger partial charge on any atom is -0.465 e. The van der Waals surface area contributed by atoms with Gasteiger partial charge in [0.25, 0.3) is 0 Å². The first-order valence-electron chi connectivity index (χ1n) is 8.15. The Hall–Kier alpha value is -0.570. The largest absolute Gasteiger partial charge is 0.465 e. The molecule has 0 aromatic heterocycles. The minimum absolute atomic E-state index is 0.0115. The molecule has 0 aliphatic carbocycles. The zero-order chi connectivity index (χ0) is 13.7. The highest BCUT2D eigenvalue weighted by Crippen LogP contribution is 2.36. The van der Waals surface area contributed by atoms with Crippen molar-refractivity contribution in [3.63, 3.8) is 0 Å². The van der Waals surface area contributed by atoms with Crippen molar-refractivity contribution in [3.05, 3.63) is 0 Å². The molecular weight excluding hydrogens is 238 g/mol. The molecule has 19 heavy (non-hydrogen) atoms. The Morgan fingerprint density at radius 1 is 1.21 bits per heavy atom. The third-order valence-electron chi connectivity index (χ3n) is 5.20. The summed E-state index contributed by atoms with van der Waals surface area (Å²) < 4.78 is 6.76. The average molecular weight is 268 g/mol. The van der Waals surface area contributed by atoms with Gasteiger partial charge in [-0.05, 0) is 32.1 Å². The standard InChI is InChI=1S/C16H30NO2/c1-3-4-10-16(18)19-13-14-8-7-12-17(2)11-6-5-9-15(14)17/h14-15H,3-13H2,1-2H3/q+1/t14-,15+,17?/m0/s1. The van der Waals surface area contributed by atoms with Gasteiger partial charge in [0, 0.05) is 18.8 Å². The molecule has 2 saturated heterocycles. The number of unbranched alkanes of at least 4 members (excludes halogenated alkanes) is 1. The van der Waals surface area contributed by atoms with E-state index in [1.807, 2.05) is 0 Å². The van der Waals surface area contributed by atoms with Gasteiger partial charge < -0.3 is 9.22 Å². The van der Waals surface area contributed by atoms with E-state index in [0.29, 0.717) is 18.9 Å². The highest BCUT2D eigenvalue weighted by atomic mass is 16.5. The molecule has 3 nitrogen and oxygen atoms in total. The normalized spacial score (nSPS) is 34.6. The highest BCUT2D eigenvalue weighted by molar-refractivity contribution is 5.69. The van der Waals surface area contributed by atoms with Crippen molar-refractivity contribution in [2.75, 3.05) is 26.7 Å². The zero-order valence-electron chi connectivity index (χ0n) is 12.7. The monoisotopic (exact) mass is 268 g/mol. The first-order chi connectivity index (χ1) is 9.15. The fourth-order valence-electron chi connectivity index (χ4n) is 4.02. The number of piperidine rings is 2. The van der Waals surface area contributed by atoms with Crippen LogP contribution >= 0.6 is 0 Å². The topological polar surface area (TPSA) is 26.3 Å². The lowest BCUT2D eigenvalue weighted by Gasteiger charge is -2.51. The molecule has 2 fully saturated rings. The third-order valence-corrected chi connectivity index (χ3v) is 5.20. The molecular formula is C16H30NO2+. The van der Waals surface area contributed by atoms with E-state index in [1.54, 1.807) is 0 Å². The number of fused-ring (bicyclic) bond motifs is 1. The van der Waals surface area contributed by atoms with E-state index < -0.39 is 0 Å². The fraction of sp³-hybridized carbons (Fsp3) is 0.938. The van der Waals surface area contributed by atoms with Crippen molar-refractivity contribution in [3.8, 4) is 0 Å². The molecule has 0 aromatic rings. The van der Waals surface area contributed by atoms with Gasteiger partial charge in [-0.1, -0.05) is 13.3 Å². The van der Waals surface area contributed by atoms with Crippen LogP contribution in [-0.4, -0.2) is 43.2 Å². The number of quaternary nitrogens is 1. The molecule has 3 heteroatoms. The third kappa shape index (κ3) is 3.71. The second-order valence-electron chi connectivity index (χ2n) is 6.68. The van der Waals surface area contributed by atoms with E-state index in [0.717, 1.165) is 18.9 Å². The van der Waals surface area contributed by atoms with Crippen LogP contribution in [0.25, 0.3) is 0 Å². The van der Waals surface area contributed by atoms with Crippen LogP contribution in [-0.2, 0) is 9.53 Å². The van der Waals surface area contributed by atoms with Crippen molar-refractivity contribution in [2.24, 2.45) is 5.92 Å². The lowest BCUT2D eigenvalue weighted by molar-refractivity contribution is -0.947. The van der Waals surface area contributed by atoms with Crippen LogP contribution in [0.4, 0.5) is 0 Å². The summed E-state index contributed by atoms with van der Waals surface area (Å²) in [4.78, 5) is 11.7. The SMILES string of the molecule is CCCCC(=O)OC[C@@H]1CCC[N+]2(C)CCCC[C@H]12. The van der Waals surface area contributed by atoms with Crippen LogP contribution in [0.15, 0.2) is 0 Å². The molecule has 1 unspecified atom stereocenters. The molecule has 0 spiro atoms. The lowest BCUT2D eigenvalue weighted by atomic mass is 9.82. The van der Waals surface area contributed by atoms with Crippen LogP contribution in [0.1, 0.15) is 58.3 Å². The molecule has 110 valence electrons. The molecule has 2 aliphatic rings. The van der Waals surface area contributed by atoms with E-state index in [-0.39, 0.29) is 5.97 Å². The first kappa shape index (κ1) is 14.8. The Bertz CT molecular complexity index is 301. The number of nitrogens with zero attached hydrogens (tertiary/aromatic N) is 1. The van der Waals surface area contributed by atoms with Crippen molar-refractivity contribution < 1.29 is 14.0 Å². The van der Waals surface area contributed by atoms with Gasteiger partial charge in [0.1, 0.15) is 0 Å². The fourth-order valence-corrected chi connectivity index (χ4v) is 4.02. The summed E-state index contributed by atoms with van der Waals surface area (Å²) in [6.07, 6.45) is 9.23. The summed E-state index contributed by atoms with van der Waals surface area (Å²) in [6, 6.07) is 0.737. The first-order valence-corrected chi connectivity index (χ1v) is 8.15. The quantitative estimate of drug-likeness (QED) is 0.565. The van der Waals surface area contributed by atoms with E-state index in [4.69, 9.17) is 4.74 Å². The summed E-state index contributed by atoms with van der Waals surface area (Å²) in [5, 5.41) is 0. The number of hydrogen-bond acceptors (Lipinski definition) is 2. The van der Waals surface area contributed by atoms with E-state index in [9.17, 15) is 4.79 Å². The van der Waals surface area contributed by atoms with Crippen molar-refractivity contribution in [1.29, 1.82) is 0 Å². The number of ether oxygens (including phenoxy) is 1. The number of esters is 1. The van der Waals surface area contributed by atoms with Gasteiger partial charge in [0.05, 0.1) is 32.8 Å². The molecule has 2 aliphatic heterocycles. The van der Waals surface area contributed by atoms with Crippen LogP contribution in [0.3, 0.4) is 0 Å². The summed E-state index contributed by atoms with van der Waals surface area (Å²) in [6.45, 7) is 5.43. The number of rotatable bonds is 5. The average Bonchev–Trinajstić information content (AvgIpc) is 2.41. The van der Waals surface area contributed by atoms with E-state index in [1.165, 1.54) is 49.7 Å². The van der Waals surface area contributed by atoms with Crippen LogP contribution in [0, 0.1) is 5.92 Å². The van der Waals surface area contributed by atoms with Gasteiger partial charge in [-0.2, -0.15) is 0 Å². The smallest absolute Gasteiger partial charge is 0.305 e. The van der Waals surface area contributed by atoms with Gasteiger partial charge in [-0.3, -0.25) is 4.79 Å². The number of hydrogen-bond donors (Lipinski definition) is 0. The van der Waals surface area contributed by atoms with Gasteiger partial charge in [0.15, 0.2) is 0 Å². The lowest BCUT2D eigenvalue weighted by Crippen LogP contribution is -2.61. The Morgan fingerprint density at radius 3 is 2.79 bits per heavy atom. The molecule has 2 rings (SSSR count). The number of carbonyl (C=O) groups excluding carboxylic acids is 1. The summed E-state index contributed by atoms with van der Waals surface area (Å²) >= 11 is 0. The van der Waals surface area contributed by atoms with Crippen LogP contribution in [0.5, 0.6) is 0 Å². The maximum atomic E-state index is 11.7. The number of carbonyl (C=O) groups is 1. The molecule has 3 atom stereocenters. The van der Waals surface area contributed by atoms with E-state index in [2.05, 4.69) is 14.0 Å². The Kier molecular flexibility index (Phi) is 5.26. The molecule has 0 bridgehead atoms. The second-order valence-corrected chi connectivity index (χ2v) is 6.68. The predicted molar refractivity (Wildman–Crippen MR) is 76.8 cm³/mol. The van der Waals surface area contributed by atoms with E-state index >= 15 is 0 Å².